The van der Waals surface area contributed by atoms with Gasteiger partial charge in [0.25, 0.3) is 15.8 Å². The standard InChI is InChI=1S/C14H13F5O4S/c15-13(16)5-8-9(23-6-7-1-2-7)3-4-10(11(8)12(13)20)24(21,22)14(17,18)19/h3-4,7,12,20H,1-2,5-6H2. The van der Waals surface area contributed by atoms with E-state index in [2.05, 4.69) is 0 Å². The van der Waals surface area contributed by atoms with Crippen LogP contribution in [0.15, 0.2) is 17.0 Å². The van der Waals surface area contributed by atoms with Crippen LogP contribution in [0.4, 0.5) is 22.0 Å². The molecule has 0 aliphatic heterocycles. The Hall–Kier alpha value is -1.42. The molecule has 2 aliphatic carbocycles. The van der Waals surface area contributed by atoms with E-state index < -0.39 is 49.8 Å². The molecule has 0 saturated heterocycles. The summed E-state index contributed by atoms with van der Waals surface area (Å²) in [5, 5.41) is 9.70. The number of hydrogen-bond acceptors (Lipinski definition) is 4. The molecular formula is C14H13F5O4S. The largest absolute Gasteiger partial charge is 0.501 e. The van der Waals surface area contributed by atoms with Gasteiger partial charge in [0.2, 0.25) is 0 Å². The topological polar surface area (TPSA) is 63.6 Å². The highest BCUT2D eigenvalue weighted by molar-refractivity contribution is 7.92. The van der Waals surface area contributed by atoms with Gasteiger partial charge in [-0.1, -0.05) is 0 Å². The zero-order chi connectivity index (χ0) is 17.9. The van der Waals surface area contributed by atoms with Gasteiger partial charge in [-0.15, -0.1) is 0 Å². The molecule has 4 nitrogen and oxygen atoms in total. The number of aliphatic hydroxyl groups is 1. The predicted molar refractivity (Wildman–Crippen MR) is 71.5 cm³/mol. The Morgan fingerprint density at radius 3 is 2.42 bits per heavy atom. The summed E-state index contributed by atoms with van der Waals surface area (Å²) in [7, 11) is -5.87. The van der Waals surface area contributed by atoms with Crippen molar-refractivity contribution >= 4 is 9.84 Å². The third-order valence-corrected chi connectivity index (χ3v) is 5.67. The zero-order valence-corrected chi connectivity index (χ0v) is 12.9. The molecule has 1 saturated carbocycles. The molecule has 1 aromatic carbocycles. The fraction of sp³-hybridized carbons (Fsp3) is 0.571. The molecule has 1 aromatic rings. The maximum absolute atomic E-state index is 13.8. The quantitative estimate of drug-likeness (QED) is 0.826. The van der Waals surface area contributed by atoms with Gasteiger partial charge in [-0.2, -0.15) is 13.2 Å². The van der Waals surface area contributed by atoms with Crippen LogP contribution < -0.4 is 4.74 Å². The lowest BCUT2D eigenvalue weighted by Crippen LogP contribution is -2.26. The van der Waals surface area contributed by atoms with Gasteiger partial charge in [0.1, 0.15) is 11.9 Å². The van der Waals surface area contributed by atoms with E-state index in [1.165, 1.54) is 0 Å². The maximum atomic E-state index is 13.8. The van der Waals surface area contributed by atoms with E-state index in [1.54, 1.807) is 0 Å². The van der Waals surface area contributed by atoms with Gasteiger partial charge in [-0.3, -0.25) is 0 Å². The second-order valence-electron chi connectivity index (χ2n) is 6.00. The molecule has 24 heavy (non-hydrogen) atoms. The summed E-state index contributed by atoms with van der Waals surface area (Å²) in [5.41, 5.74) is -6.97. The average molecular weight is 372 g/mol. The summed E-state index contributed by atoms with van der Waals surface area (Å²) in [4.78, 5) is -1.35. The summed E-state index contributed by atoms with van der Waals surface area (Å²) in [6, 6.07) is 1.50. The number of ether oxygens (including phenoxy) is 1. The third kappa shape index (κ3) is 2.75. The van der Waals surface area contributed by atoms with Crippen molar-refractivity contribution in [3.05, 3.63) is 23.3 Å². The minimum absolute atomic E-state index is 0.116. The molecule has 0 radical (unpaired) electrons. The molecule has 0 amide bonds. The first-order valence-electron chi connectivity index (χ1n) is 7.11. The minimum atomic E-state index is -5.87. The highest BCUT2D eigenvalue weighted by Crippen LogP contribution is 2.50. The average Bonchev–Trinajstić information content (AvgIpc) is 3.23. The lowest BCUT2D eigenvalue weighted by Gasteiger charge is -2.17. The Morgan fingerprint density at radius 1 is 1.25 bits per heavy atom. The third-order valence-electron chi connectivity index (χ3n) is 4.13. The van der Waals surface area contributed by atoms with Gasteiger partial charge in [0.05, 0.1) is 11.5 Å². The summed E-state index contributed by atoms with van der Waals surface area (Å²) in [6.45, 7) is 0.208. The summed E-state index contributed by atoms with van der Waals surface area (Å²) < 4.78 is 94.6. The molecule has 1 atom stereocenters. The number of aliphatic hydroxyl groups excluding tert-OH is 1. The number of sulfone groups is 1. The van der Waals surface area contributed by atoms with E-state index in [0.29, 0.717) is 6.07 Å². The van der Waals surface area contributed by atoms with E-state index in [9.17, 15) is 35.5 Å². The lowest BCUT2D eigenvalue weighted by molar-refractivity contribution is -0.0978. The maximum Gasteiger partial charge on any atom is 0.501 e. The number of hydrogen-bond donors (Lipinski definition) is 1. The van der Waals surface area contributed by atoms with Gasteiger partial charge in [-0.25, -0.2) is 17.2 Å². The number of fused-ring (bicyclic) bond motifs is 1. The first-order chi connectivity index (χ1) is 10.9. The van der Waals surface area contributed by atoms with E-state index >= 15 is 0 Å². The monoisotopic (exact) mass is 372 g/mol. The van der Waals surface area contributed by atoms with Crippen LogP contribution >= 0.6 is 0 Å². The van der Waals surface area contributed by atoms with Crippen molar-refractivity contribution < 1.29 is 40.2 Å². The first-order valence-corrected chi connectivity index (χ1v) is 8.59. The van der Waals surface area contributed by atoms with Crippen LogP contribution in [0.3, 0.4) is 0 Å². The highest BCUT2D eigenvalue weighted by atomic mass is 32.2. The Balaban J connectivity index is 2.12. The van der Waals surface area contributed by atoms with E-state index in [4.69, 9.17) is 4.74 Å². The van der Waals surface area contributed by atoms with Crippen molar-refractivity contribution in [1.29, 1.82) is 0 Å². The molecule has 10 heteroatoms. The van der Waals surface area contributed by atoms with Crippen molar-refractivity contribution in [1.82, 2.24) is 0 Å². The van der Waals surface area contributed by atoms with Crippen molar-refractivity contribution in [3.63, 3.8) is 0 Å². The van der Waals surface area contributed by atoms with Gasteiger partial charge in [0.15, 0.2) is 0 Å². The molecule has 1 fully saturated rings. The number of rotatable bonds is 4. The van der Waals surface area contributed by atoms with Crippen LogP contribution in [0.5, 0.6) is 5.75 Å². The zero-order valence-electron chi connectivity index (χ0n) is 12.1. The van der Waals surface area contributed by atoms with Crippen LogP contribution in [0.2, 0.25) is 0 Å². The smallest absolute Gasteiger partial charge is 0.493 e. The summed E-state index contributed by atoms with van der Waals surface area (Å²) >= 11 is 0. The SMILES string of the molecule is O=S(=O)(c1ccc(OCC2CC2)c2c1C(O)C(F)(F)C2)C(F)(F)F. The van der Waals surface area contributed by atoms with Crippen LogP contribution in [-0.4, -0.2) is 31.6 Å². The van der Waals surface area contributed by atoms with Crippen LogP contribution in [0.25, 0.3) is 0 Å². The van der Waals surface area contributed by atoms with E-state index in [1.807, 2.05) is 0 Å². The Bertz CT molecular complexity index is 768. The fourth-order valence-electron chi connectivity index (χ4n) is 2.64. The summed E-state index contributed by atoms with van der Waals surface area (Å²) in [5.74, 6) is -3.63. The van der Waals surface area contributed by atoms with Crippen LogP contribution in [-0.2, 0) is 16.3 Å². The van der Waals surface area contributed by atoms with Crippen molar-refractivity contribution in [3.8, 4) is 5.75 Å². The van der Waals surface area contributed by atoms with Crippen molar-refractivity contribution in [2.75, 3.05) is 6.61 Å². The molecule has 2 aliphatic rings. The number of alkyl halides is 5. The molecule has 134 valence electrons. The molecule has 0 aromatic heterocycles. The summed E-state index contributed by atoms with van der Waals surface area (Å²) in [6.07, 6.45) is -1.91. The molecular weight excluding hydrogens is 359 g/mol. The van der Waals surface area contributed by atoms with Crippen LogP contribution in [0.1, 0.15) is 30.1 Å². The molecule has 3 rings (SSSR count). The number of halogens is 5. The lowest BCUT2D eigenvalue weighted by atomic mass is 10.1. The van der Waals surface area contributed by atoms with Crippen molar-refractivity contribution in [2.45, 2.75) is 41.7 Å². The highest BCUT2D eigenvalue weighted by Gasteiger charge is 2.55. The molecule has 0 spiro atoms. The Labute approximate surface area is 134 Å². The fourth-order valence-corrected chi connectivity index (χ4v) is 3.66. The Morgan fingerprint density at radius 2 is 1.88 bits per heavy atom. The second kappa shape index (κ2) is 5.29. The van der Waals surface area contributed by atoms with Crippen molar-refractivity contribution in [2.24, 2.45) is 5.92 Å². The molecule has 1 unspecified atom stereocenters. The Kier molecular flexibility index (Phi) is 3.83. The normalized spacial score (nSPS) is 23.2. The van der Waals surface area contributed by atoms with Gasteiger partial charge < -0.3 is 9.84 Å². The van der Waals surface area contributed by atoms with Crippen LogP contribution in [0, 0.1) is 5.92 Å². The molecule has 0 heterocycles. The van der Waals surface area contributed by atoms with Gasteiger partial charge in [-0.05, 0) is 30.9 Å². The van der Waals surface area contributed by atoms with E-state index in [0.717, 1.165) is 18.9 Å². The predicted octanol–water partition coefficient (Wildman–Crippen LogP) is 2.99. The first kappa shape index (κ1) is 17.4. The minimum Gasteiger partial charge on any atom is -0.493 e. The molecule has 0 bridgehead atoms. The van der Waals surface area contributed by atoms with Gasteiger partial charge in [0, 0.05) is 17.5 Å². The molecule has 1 N–H and O–H groups in total. The number of benzene rings is 1. The second-order valence-corrected chi connectivity index (χ2v) is 7.91. The van der Waals surface area contributed by atoms with E-state index in [-0.39, 0.29) is 18.3 Å². The van der Waals surface area contributed by atoms with Gasteiger partial charge >= 0.3 is 5.51 Å².